The van der Waals surface area contributed by atoms with Crippen LogP contribution in [-0.4, -0.2) is 40.0 Å². The van der Waals surface area contributed by atoms with Gasteiger partial charge in [-0.25, -0.2) is 4.98 Å². The minimum Gasteiger partial charge on any atom is -0.481 e. The molecule has 0 saturated heterocycles. The van der Waals surface area contributed by atoms with Crippen LogP contribution in [0, 0.1) is 12.3 Å². The van der Waals surface area contributed by atoms with Crippen LogP contribution in [0.4, 0.5) is 0 Å². The van der Waals surface area contributed by atoms with Gasteiger partial charge in [0.15, 0.2) is 0 Å². The van der Waals surface area contributed by atoms with Gasteiger partial charge >= 0.3 is 5.97 Å². The van der Waals surface area contributed by atoms with Gasteiger partial charge in [-0.3, -0.25) is 9.59 Å². The molecular weight excluding hydrogens is 476 g/mol. The smallest absolute Gasteiger partial charge is 0.310 e. The Kier molecular flexibility index (Phi) is 7.24. The number of aliphatic carboxylic acids is 1. The van der Waals surface area contributed by atoms with Gasteiger partial charge in [0.25, 0.3) is 5.91 Å². The second kappa shape index (κ2) is 10.6. The number of carbonyl (C=O) groups excluding carboxylic acids is 1. The molecule has 0 saturated carbocycles. The van der Waals surface area contributed by atoms with Crippen LogP contribution >= 0.6 is 0 Å². The number of nitrogens with zero attached hydrogens (tertiary/aromatic N) is 2. The Morgan fingerprint density at radius 3 is 2.55 bits per heavy atom. The minimum absolute atomic E-state index is 0.0358. The molecule has 0 spiro atoms. The molecule has 0 unspecified atom stereocenters. The average molecular weight is 513 g/mol. The van der Waals surface area contributed by atoms with E-state index in [0.29, 0.717) is 31.1 Å². The van der Waals surface area contributed by atoms with E-state index in [4.69, 9.17) is 4.74 Å². The summed E-state index contributed by atoms with van der Waals surface area (Å²) in [7, 11) is 0. The van der Waals surface area contributed by atoms with E-state index in [1.54, 1.807) is 20.0 Å². The first-order chi connectivity index (χ1) is 18.2. The van der Waals surface area contributed by atoms with E-state index in [1.165, 1.54) is 11.1 Å². The maximum Gasteiger partial charge on any atom is 0.310 e. The van der Waals surface area contributed by atoms with Gasteiger partial charge in [0.05, 0.1) is 12.0 Å². The Balaban J connectivity index is 1.57. The number of carbonyl (C=O) groups is 2. The summed E-state index contributed by atoms with van der Waals surface area (Å²) in [5.41, 5.74) is 5.89. The lowest BCUT2D eigenvalue weighted by molar-refractivity contribution is -0.147. The van der Waals surface area contributed by atoms with E-state index in [0.717, 1.165) is 54.4 Å². The molecule has 3 aromatic rings. The summed E-state index contributed by atoms with van der Waals surface area (Å²) in [5, 5.41) is 10.2. The number of hydrogen-bond acceptors (Lipinski definition) is 4. The molecular formula is C32H36N2O4. The van der Waals surface area contributed by atoms with Crippen LogP contribution in [0.3, 0.4) is 0 Å². The van der Waals surface area contributed by atoms with Crippen molar-refractivity contribution in [3.63, 3.8) is 0 Å². The van der Waals surface area contributed by atoms with E-state index in [-0.39, 0.29) is 5.91 Å². The Labute approximate surface area is 224 Å². The molecule has 0 fully saturated rings. The van der Waals surface area contributed by atoms with Crippen molar-refractivity contribution in [3.8, 4) is 5.88 Å². The highest BCUT2D eigenvalue weighted by molar-refractivity contribution is 5.94. The maximum atomic E-state index is 13.4. The van der Waals surface area contributed by atoms with Gasteiger partial charge in [-0.2, -0.15) is 0 Å². The normalized spacial score (nSPS) is 18.2. The van der Waals surface area contributed by atoms with Gasteiger partial charge in [-0.15, -0.1) is 0 Å². The van der Waals surface area contributed by atoms with Crippen molar-refractivity contribution in [2.24, 2.45) is 5.41 Å². The first kappa shape index (κ1) is 26.0. The van der Waals surface area contributed by atoms with E-state index in [2.05, 4.69) is 29.2 Å². The highest BCUT2D eigenvalue weighted by Gasteiger charge is 2.40. The zero-order valence-corrected chi connectivity index (χ0v) is 22.5. The van der Waals surface area contributed by atoms with Crippen LogP contribution in [0.25, 0.3) is 0 Å². The number of aromatic nitrogens is 1. The molecule has 1 amide bonds. The summed E-state index contributed by atoms with van der Waals surface area (Å²) in [6, 6.07) is 16.2. The van der Waals surface area contributed by atoms with Crippen LogP contribution in [-0.2, 0) is 24.2 Å². The van der Waals surface area contributed by atoms with Gasteiger partial charge in [0, 0.05) is 36.8 Å². The Bertz CT molecular complexity index is 1350. The zero-order valence-electron chi connectivity index (χ0n) is 22.5. The van der Waals surface area contributed by atoms with E-state index in [9.17, 15) is 14.7 Å². The first-order valence-electron chi connectivity index (χ1n) is 13.6. The van der Waals surface area contributed by atoms with Gasteiger partial charge < -0.3 is 14.7 Å². The first-order valence-corrected chi connectivity index (χ1v) is 13.6. The van der Waals surface area contributed by atoms with Crippen molar-refractivity contribution < 1.29 is 19.4 Å². The van der Waals surface area contributed by atoms with E-state index >= 15 is 0 Å². The number of benzene rings is 2. The molecule has 5 aliphatic heterocycles. The third-order valence-electron chi connectivity index (χ3n) is 8.13. The third-order valence-corrected chi connectivity index (χ3v) is 8.13. The third kappa shape index (κ3) is 5.17. The second-order valence-corrected chi connectivity index (χ2v) is 11.2. The highest BCUT2D eigenvalue weighted by Crippen LogP contribution is 2.43. The van der Waals surface area contributed by atoms with Crippen molar-refractivity contribution in [2.75, 3.05) is 13.2 Å². The Hall–Kier alpha value is -3.67. The van der Waals surface area contributed by atoms with Crippen LogP contribution in [0.5, 0.6) is 5.88 Å². The van der Waals surface area contributed by atoms with Crippen molar-refractivity contribution in [1.29, 1.82) is 0 Å². The monoisotopic (exact) mass is 512 g/mol. The predicted molar refractivity (Wildman–Crippen MR) is 147 cm³/mol. The molecule has 6 heteroatoms. The zero-order chi connectivity index (χ0) is 26.9. The molecule has 198 valence electrons. The molecule has 6 heterocycles. The van der Waals surface area contributed by atoms with Gasteiger partial charge in [0.1, 0.15) is 0 Å². The largest absolute Gasteiger partial charge is 0.481 e. The summed E-state index contributed by atoms with van der Waals surface area (Å²) in [5.74, 6) is -0.682. The molecule has 5 aliphatic rings. The van der Waals surface area contributed by atoms with E-state index < -0.39 is 17.3 Å². The molecule has 7 bridgehead atoms. The lowest BCUT2D eigenvalue weighted by Crippen LogP contribution is -2.36. The number of amides is 1. The highest BCUT2D eigenvalue weighted by atomic mass is 16.5. The van der Waals surface area contributed by atoms with E-state index in [1.807, 2.05) is 36.1 Å². The standard InChI is InChI=1S/C32H36N2O4/c1-21-17-28-33-19-27(21)29(32(2,3)31(36)37)25-13-12-23-14-15-34(20-26(23)18-25)30(35)24-10-8-22(9-11-24)7-5-4-6-16-38-28/h8-13,17-19,29H,4-7,14-16,20H2,1-3H3,(H,36,37)/t29-/m0/s1. The summed E-state index contributed by atoms with van der Waals surface area (Å²) in [6.07, 6.45) is 6.55. The van der Waals surface area contributed by atoms with Gasteiger partial charge in [-0.05, 0) is 98.4 Å². The molecule has 0 radical (unpaired) electrons. The average Bonchev–Trinajstić information content (AvgIpc) is 2.91. The number of carboxylic acids is 1. The molecule has 38 heavy (non-hydrogen) atoms. The fourth-order valence-corrected chi connectivity index (χ4v) is 5.74. The number of carboxylic acid groups (broad SMARTS) is 1. The molecule has 0 aliphatic carbocycles. The van der Waals surface area contributed by atoms with Crippen molar-refractivity contribution in [3.05, 3.63) is 93.7 Å². The summed E-state index contributed by atoms with van der Waals surface area (Å²) in [6.45, 7) is 7.29. The van der Waals surface area contributed by atoms with Crippen molar-refractivity contribution >= 4 is 11.9 Å². The summed E-state index contributed by atoms with van der Waals surface area (Å²) >= 11 is 0. The van der Waals surface area contributed by atoms with Crippen LogP contribution < -0.4 is 4.74 Å². The SMILES string of the molecule is Cc1cc2ncc1[C@@H](C(C)(C)C(=O)O)c1ccc3c(c1)CN(CC3)C(=O)c1ccc(cc1)CCCCCO2. The topological polar surface area (TPSA) is 79.7 Å². The lowest BCUT2D eigenvalue weighted by Gasteiger charge is -2.34. The molecule has 1 aromatic heterocycles. The Morgan fingerprint density at radius 2 is 1.82 bits per heavy atom. The number of pyridine rings is 1. The molecule has 2 aromatic carbocycles. The van der Waals surface area contributed by atoms with Crippen molar-refractivity contribution in [2.45, 2.75) is 65.3 Å². The van der Waals surface area contributed by atoms with Crippen LogP contribution in [0.1, 0.15) is 82.8 Å². The van der Waals surface area contributed by atoms with Crippen molar-refractivity contribution in [1.82, 2.24) is 9.88 Å². The number of ether oxygens (including phenoxy) is 1. The Morgan fingerprint density at radius 1 is 1.03 bits per heavy atom. The number of rotatable bonds is 2. The molecule has 1 N–H and O–H groups in total. The molecule has 1 atom stereocenters. The lowest BCUT2D eigenvalue weighted by atomic mass is 9.70. The summed E-state index contributed by atoms with van der Waals surface area (Å²) in [4.78, 5) is 32.3. The number of hydrogen-bond donors (Lipinski definition) is 1. The molecule has 8 rings (SSSR count). The van der Waals surface area contributed by atoms with Gasteiger partial charge in [-0.1, -0.05) is 30.3 Å². The minimum atomic E-state index is -1.08. The summed E-state index contributed by atoms with van der Waals surface area (Å²) < 4.78 is 5.95. The maximum absolute atomic E-state index is 13.4. The fraction of sp³-hybridized carbons (Fsp3) is 0.406. The second-order valence-electron chi connectivity index (χ2n) is 11.2. The molecule has 6 nitrogen and oxygen atoms in total. The quantitative estimate of drug-likeness (QED) is 0.460. The fourth-order valence-electron chi connectivity index (χ4n) is 5.74. The number of aryl methyl sites for hydroxylation is 2. The predicted octanol–water partition coefficient (Wildman–Crippen LogP) is 5.94. The van der Waals surface area contributed by atoms with Gasteiger partial charge in [0.2, 0.25) is 5.88 Å². The van der Waals surface area contributed by atoms with Crippen LogP contribution in [0.15, 0.2) is 54.7 Å². The van der Waals surface area contributed by atoms with Crippen LogP contribution in [0.2, 0.25) is 0 Å².